The van der Waals surface area contributed by atoms with E-state index in [9.17, 15) is 14.4 Å². The Kier molecular flexibility index (Phi) is 6.23. The molecule has 0 aromatic heterocycles. The summed E-state index contributed by atoms with van der Waals surface area (Å²) < 4.78 is 0. The smallest absolute Gasteiger partial charge is 0.407 e. The van der Waals surface area contributed by atoms with Crippen LogP contribution in [-0.4, -0.2) is 58.3 Å². The van der Waals surface area contributed by atoms with Gasteiger partial charge in [0.1, 0.15) is 12.1 Å². The van der Waals surface area contributed by atoms with Crippen LogP contribution in [0.3, 0.4) is 0 Å². The first-order valence-electron chi connectivity index (χ1n) is 6.70. The first-order chi connectivity index (χ1) is 9.47. The number of carboxylic acid groups (broad SMARTS) is 2. The van der Waals surface area contributed by atoms with Crippen molar-refractivity contribution in [3.05, 3.63) is 0 Å². The zero-order valence-corrected chi connectivity index (χ0v) is 11.2. The van der Waals surface area contributed by atoms with Crippen molar-refractivity contribution in [1.29, 1.82) is 0 Å². The number of hydrogen-bond donors (Lipinski definition) is 4. The molecular formula is C12H21N3O5. The van der Waals surface area contributed by atoms with Gasteiger partial charge in [0.2, 0.25) is 5.91 Å². The van der Waals surface area contributed by atoms with Crippen LogP contribution >= 0.6 is 0 Å². The van der Waals surface area contributed by atoms with Crippen LogP contribution in [0.25, 0.3) is 0 Å². The van der Waals surface area contributed by atoms with Gasteiger partial charge in [-0.3, -0.25) is 9.69 Å². The van der Waals surface area contributed by atoms with Crippen LogP contribution in [0, 0.1) is 0 Å². The Balaban J connectivity index is 2.56. The summed E-state index contributed by atoms with van der Waals surface area (Å²) in [6, 6.07) is -1.78. The average molecular weight is 287 g/mol. The second kappa shape index (κ2) is 7.68. The van der Waals surface area contributed by atoms with Gasteiger partial charge in [-0.1, -0.05) is 0 Å². The molecule has 2 amide bonds. The van der Waals surface area contributed by atoms with Crippen molar-refractivity contribution in [3.8, 4) is 0 Å². The number of aliphatic carboxylic acids is 1. The summed E-state index contributed by atoms with van der Waals surface area (Å²) in [6.07, 6.45) is 1.45. The fourth-order valence-corrected chi connectivity index (χ4v) is 2.29. The van der Waals surface area contributed by atoms with E-state index < -0.39 is 30.1 Å². The van der Waals surface area contributed by atoms with Gasteiger partial charge < -0.3 is 21.3 Å². The lowest BCUT2D eigenvalue weighted by Crippen LogP contribution is -2.50. The van der Waals surface area contributed by atoms with Gasteiger partial charge in [0.05, 0.1) is 0 Å². The van der Waals surface area contributed by atoms with Crippen LogP contribution in [0.1, 0.15) is 32.1 Å². The van der Waals surface area contributed by atoms with Crippen molar-refractivity contribution in [2.75, 3.05) is 13.1 Å². The van der Waals surface area contributed by atoms with Crippen LogP contribution in [-0.2, 0) is 9.59 Å². The molecule has 0 aromatic rings. The van der Waals surface area contributed by atoms with E-state index in [0.717, 1.165) is 4.90 Å². The lowest BCUT2D eigenvalue weighted by atomic mass is 10.1. The predicted molar refractivity (Wildman–Crippen MR) is 70.2 cm³/mol. The minimum atomic E-state index is -1.15. The zero-order valence-electron chi connectivity index (χ0n) is 11.2. The molecule has 0 bridgehead atoms. The molecule has 1 aliphatic rings. The normalized spacial score (nSPS) is 19.6. The van der Waals surface area contributed by atoms with Gasteiger partial charge in [-0.25, -0.2) is 9.59 Å². The second-order valence-electron chi connectivity index (χ2n) is 4.82. The monoisotopic (exact) mass is 287 g/mol. The summed E-state index contributed by atoms with van der Waals surface area (Å²) in [5, 5.41) is 20.4. The molecule has 8 nitrogen and oxygen atoms in total. The number of nitrogens with two attached hydrogens (primary N) is 1. The van der Waals surface area contributed by atoms with Gasteiger partial charge in [-0.05, 0) is 38.6 Å². The van der Waals surface area contributed by atoms with Crippen molar-refractivity contribution in [2.45, 2.75) is 44.2 Å². The van der Waals surface area contributed by atoms with Gasteiger partial charge in [-0.2, -0.15) is 0 Å². The zero-order chi connectivity index (χ0) is 15.1. The number of carboxylic acids is 1. The Bertz CT molecular complexity index is 374. The van der Waals surface area contributed by atoms with E-state index >= 15 is 0 Å². The quantitative estimate of drug-likeness (QED) is 0.480. The predicted octanol–water partition coefficient (Wildman–Crippen LogP) is -0.173. The maximum atomic E-state index is 12.0. The van der Waals surface area contributed by atoms with Crippen LogP contribution < -0.4 is 11.1 Å². The topological polar surface area (TPSA) is 133 Å². The van der Waals surface area contributed by atoms with Crippen molar-refractivity contribution in [2.24, 2.45) is 5.73 Å². The molecule has 0 radical (unpaired) electrons. The Morgan fingerprint density at radius 2 is 2.00 bits per heavy atom. The van der Waals surface area contributed by atoms with Crippen LogP contribution in [0.5, 0.6) is 0 Å². The number of nitrogens with one attached hydrogen (secondary N) is 1. The molecule has 1 aliphatic heterocycles. The number of likely N-dealkylation sites (tertiary alicyclic amines) is 1. The standard InChI is InChI=1S/C12H21N3O5/c13-6-2-1-4-8(11(17)18)14-10(16)9-5-3-7-15(9)12(19)20/h8-9H,1-7,13H2,(H,14,16)(H,17,18)(H,19,20)/t8?,9-/m0/s1. The Morgan fingerprint density at radius 1 is 1.30 bits per heavy atom. The SMILES string of the molecule is NCCCCC(NC(=O)[C@@H]1CCCN1C(=O)O)C(=O)O. The number of carbonyl (C=O) groups excluding carboxylic acids is 1. The average Bonchev–Trinajstić information content (AvgIpc) is 2.86. The molecule has 8 heteroatoms. The number of hydrogen-bond acceptors (Lipinski definition) is 4. The fourth-order valence-electron chi connectivity index (χ4n) is 2.29. The van der Waals surface area contributed by atoms with E-state index in [0.29, 0.717) is 38.8 Å². The largest absolute Gasteiger partial charge is 0.480 e. The van der Waals surface area contributed by atoms with Gasteiger partial charge >= 0.3 is 12.1 Å². The lowest BCUT2D eigenvalue weighted by molar-refractivity contribution is -0.142. The lowest BCUT2D eigenvalue weighted by Gasteiger charge is -2.23. The highest BCUT2D eigenvalue weighted by Crippen LogP contribution is 2.17. The summed E-state index contributed by atoms with van der Waals surface area (Å²) in [7, 11) is 0. The molecule has 2 atom stereocenters. The van der Waals surface area contributed by atoms with E-state index in [1.54, 1.807) is 0 Å². The van der Waals surface area contributed by atoms with Crippen LogP contribution in [0.2, 0.25) is 0 Å². The first-order valence-corrected chi connectivity index (χ1v) is 6.70. The van der Waals surface area contributed by atoms with Gasteiger partial charge in [0.25, 0.3) is 0 Å². The number of unbranched alkanes of at least 4 members (excludes halogenated alkanes) is 1. The molecule has 1 rings (SSSR count). The highest BCUT2D eigenvalue weighted by Gasteiger charge is 2.35. The molecule has 1 fully saturated rings. The maximum absolute atomic E-state index is 12.0. The molecule has 114 valence electrons. The summed E-state index contributed by atoms with van der Waals surface area (Å²) in [5.41, 5.74) is 5.34. The van der Waals surface area contributed by atoms with Gasteiger partial charge in [0, 0.05) is 6.54 Å². The fraction of sp³-hybridized carbons (Fsp3) is 0.750. The molecule has 20 heavy (non-hydrogen) atoms. The molecule has 0 saturated carbocycles. The Morgan fingerprint density at radius 3 is 2.55 bits per heavy atom. The third kappa shape index (κ3) is 4.37. The highest BCUT2D eigenvalue weighted by atomic mass is 16.4. The summed E-state index contributed by atoms with van der Waals surface area (Å²) in [4.78, 5) is 35.1. The van der Waals surface area contributed by atoms with E-state index in [1.165, 1.54) is 0 Å². The van der Waals surface area contributed by atoms with E-state index in [2.05, 4.69) is 5.32 Å². The number of rotatable bonds is 7. The van der Waals surface area contributed by atoms with E-state index in [-0.39, 0.29) is 6.42 Å². The third-order valence-electron chi connectivity index (χ3n) is 3.36. The second-order valence-corrected chi connectivity index (χ2v) is 4.82. The van der Waals surface area contributed by atoms with Crippen molar-refractivity contribution in [1.82, 2.24) is 10.2 Å². The maximum Gasteiger partial charge on any atom is 0.407 e. The molecular weight excluding hydrogens is 266 g/mol. The summed E-state index contributed by atoms with van der Waals surface area (Å²) >= 11 is 0. The minimum absolute atomic E-state index is 0.290. The molecule has 0 aromatic carbocycles. The first kappa shape index (κ1) is 16.2. The van der Waals surface area contributed by atoms with E-state index in [4.69, 9.17) is 15.9 Å². The number of nitrogens with zero attached hydrogens (tertiary/aromatic N) is 1. The molecule has 0 aliphatic carbocycles. The molecule has 5 N–H and O–H groups in total. The van der Waals surface area contributed by atoms with Crippen molar-refractivity contribution in [3.63, 3.8) is 0 Å². The van der Waals surface area contributed by atoms with Crippen LogP contribution in [0.15, 0.2) is 0 Å². The highest BCUT2D eigenvalue weighted by molar-refractivity contribution is 5.89. The van der Waals surface area contributed by atoms with Crippen molar-refractivity contribution >= 4 is 18.0 Å². The van der Waals surface area contributed by atoms with E-state index in [1.807, 2.05) is 0 Å². The molecule has 1 heterocycles. The van der Waals surface area contributed by atoms with Gasteiger partial charge in [0.15, 0.2) is 0 Å². The number of amides is 2. The Labute approximate surface area is 116 Å². The molecule has 1 saturated heterocycles. The molecule has 0 spiro atoms. The summed E-state index contributed by atoms with van der Waals surface area (Å²) in [5.74, 6) is -1.65. The van der Waals surface area contributed by atoms with Gasteiger partial charge in [-0.15, -0.1) is 0 Å². The third-order valence-corrected chi connectivity index (χ3v) is 3.36. The minimum Gasteiger partial charge on any atom is -0.480 e. The van der Waals surface area contributed by atoms with Crippen molar-refractivity contribution < 1.29 is 24.6 Å². The summed E-state index contributed by atoms with van der Waals surface area (Å²) in [6.45, 7) is 0.772. The van der Waals surface area contributed by atoms with Crippen LogP contribution in [0.4, 0.5) is 4.79 Å². The Hall–Kier alpha value is -1.83. The number of carbonyl (C=O) groups is 3. The molecule has 1 unspecified atom stereocenters.